The number of benzene rings is 2. The van der Waals surface area contributed by atoms with Gasteiger partial charge in [0.2, 0.25) is 0 Å². The summed E-state index contributed by atoms with van der Waals surface area (Å²) in [6.07, 6.45) is 1.14. The molecule has 0 atom stereocenters. The maximum absolute atomic E-state index is 12.4. The second kappa shape index (κ2) is 8.42. The number of aliphatic carboxylic acids is 1. The lowest BCUT2D eigenvalue weighted by molar-refractivity contribution is -0.380. The van der Waals surface area contributed by atoms with Gasteiger partial charge in [-0.15, -0.1) is 0 Å². The number of carboxylic acids is 1. The summed E-state index contributed by atoms with van der Waals surface area (Å²) in [6, 6.07) is 14.4. The van der Waals surface area contributed by atoms with Gasteiger partial charge in [0, 0.05) is 17.7 Å². The molecule has 9 heteroatoms. The van der Waals surface area contributed by atoms with Gasteiger partial charge < -0.3 is 10.4 Å². The Morgan fingerprint density at radius 3 is 2.17 bits per heavy atom. The van der Waals surface area contributed by atoms with Crippen LogP contribution in [0, 0.1) is 15.5 Å². The molecule has 0 unspecified atom stereocenters. The highest BCUT2D eigenvalue weighted by Crippen LogP contribution is 2.29. The third-order valence-electron chi connectivity index (χ3n) is 4.53. The minimum absolute atomic E-state index is 0.0319. The Hall–Kier alpha value is -3.59. The first-order valence-electron chi connectivity index (χ1n) is 9.00. The van der Waals surface area contributed by atoms with Crippen LogP contribution in [0.25, 0.3) is 11.1 Å². The summed E-state index contributed by atoms with van der Waals surface area (Å²) >= 11 is 0.956. The fraction of sp³-hybridized carbons (Fsp3) is 0.190. The number of nitro groups is 1. The van der Waals surface area contributed by atoms with E-state index in [-0.39, 0.29) is 17.2 Å². The quantitative estimate of drug-likeness (QED) is 0.291. The van der Waals surface area contributed by atoms with E-state index in [1.807, 2.05) is 36.4 Å². The first-order chi connectivity index (χ1) is 14.2. The normalized spacial score (nSPS) is 11.1. The van der Waals surface area contributed by atoms with Crippen molar-refractivity contribution in [3.05, 3.63) is 70.4 Å². The first kappa shape index (κ1) is 21.1. The summed E-state index contributed by atoms with van der Waals surface area (Å²) < 4.78 is 0. The maximum atomic E-state index is 12.4. The van der Waals surface area contributed by atoms with E-state index < -0.39 is 16.3 Å². The molecule has 0 radical (unpaired) electrons. The van der Waals surface area contributed by atoms with Gasteiger partial charge in [0.25, 0.3) is 0 Å². The van der Waals surface area contributed by atoms with Gasteiger partial charge in [0.05, 0.1) is 10.3 Å². The molecule has 0 bridgehead atoms. The lowest BCUT2D eigenvalue weighted by Gasteiger charge is -2.17. The molecule has 8 nitrogen and oxygen atoms in total. The highest BCUT2D eigenvalue weighted by atomic mass is 32.1. The highest BCUT2D eigenvalue weighted by Gasteiger charge is 2.30. The molecule has 0 aliphatic carbocycles. The van der Waals surface area contributed by atoms with E-state index in [9.17, 15) is 24.8 Å². The van der Waals surface area contributed by atoms with Gasteiger partial charge in [0.15, 0.2) is 10.9 Å². The van der Waals surface area contributed by atoms with Crippen molar-refractivity contribution in [1.29, 1.82) is 0 Å². The summed E-state index contributed by atoms with van der Waals surface area (Å²) in [5, 5.41) is 23.3. The molecule has 1 aromatic heterocycles. The molecule has 0 saturated heterocycles. The lowest BCUT2D eigenvalue weighted by atomic mass is 9.85. The van der Waals surface area contributed by atoms with Crippen LogP contribution in [0.5, 0.6) is 0 Å². The molecule has 3 rings (SSSR count). The Morgan fingerprint density at radius 2 is 1.67 bits per heavy atom. The predicted octanol–water partition coefficient (Wildman–Crippen LogP) is 5.15. The van der Waals surface area contributed by atoms with Crippen molar-refractivity contribution in [1.82, 2.24) is 4.98 Å². The van der Waals surface area contributed by atoms with Crippen molar-refractivity contribution in [3.63, 3.8) is 0 Å². The molecule has 0 amide bonds. The summed E-state index contributed by atoms with van der Waals surface area (Å²) in [5.74, 6) is -1.22. The Labute approximate surface area is 176 Å². The van der Waals surface area contributed by atoms with Crippen LogP contribution in [0.1, 0.15) is 30.6 Å². The molecule has 0 fully saturated rings. The number of ketones is 1. The van der Waals surface area contributed by atoms with Crippen LogP contribution >= 0.6 is 11.3 Å². The monoisotopic (exact) mass is 425 g/mol. The molecular formula is C21H19N3O5S. The van der Waals surface area contributed by atoms with Crippen LogP contribution in [-0.2, 0) is 4.79 Å². The number of nitrogens with one attached hydrogen (secondary N) is 1. The van der Waals surface area contributed by atoms with E-state index in [0.717, 1.165) is 28.2 Å². The van der Waals surface area contributed by atoms with Crippen molar-refractivity contribution >= 4 is 38.9 Å². The van der Waals surface area contributed by atoms with Crippen LogP contribution in [-0.4, -0.2) is 26.8 Å². The number of hydrogen-bond donors (Lipinski definition) is 2. The van der Waals surface area contributed by atoms with Gasteiger partial charge >= 0.3 is 11.0 Å². The van der Waals surface area contributed by atoms with Gasteiger partial charge in [-0.2, -0.15) is 0 Å². The number of carboxylic acid groups (broad SMARTS) is 1. The molecule has 0 spiro atoms. The van der Waals surface area contributed by atoms with E-state index in [0.29, 0.717) is 10.7 Å². The van der Waals surface area contributed by atoms with Crippen molar-refractivity contribution in [2.75, 3.05) is 5.32 Å². The Bertz CT molecular complexity index is 1090. The van der Waals surface area contributed by atoms with Gasteiger partial charge in [-0.1, -0.05) is 36.4 Å². The largest absolute Gasteiger partial charge is 0.481 e. The van der Waals surface area contributed by atoms with E-state index in [2.05, 4.69) is 10.3 Å². The fourth-order valence-electron chi connectivity index (χ4n) is 2.70. The fourth-order valence-corrected chi connectivity index (χ4v) is 3.36. The average Bonchev–Trinajstić information content (AvgIpc) is 3.17. The molecule has 1 heterocycles. The number of Topliss-reactive ketones (excluding diaryl/α,β-unsaturated/α-hetero) is 1. The van der Waals surface area contributed by atoms with E-state index in [1.165, 1.54) is 20.0 Å². The van der Waals surface area contributed by atoms with Gasteiger partial charge in [-0.3, -0.25) is 19.7 Å². The molecule has 30 heavy (non-hydrogen) atoms. The first-order valence-corrected chi connectivity index (χ1v) is 9.82. The molecule has 3 aromatic rings. The summed E-state index contributed by atoms with van der Waals surface area (Å²) in [5.41, 5.74) is 1.93. The van der Waals surface area contributed by atoms with Gasteiger partial charge in [-0.05, 0) is 48.4 Å². The number of anilines is 2. The van der Waals surface area contributed by atoms with Crippen LogP contribution < -0.4 is 5.32 Å². The topological polar surface area (TPSA) is 122 Å². The minimum Gasteiger partial charge on any atom is -0.481 e. The minimum atomic E-state index is -1.11. The third kappa shape index (κ3) is 4.87. The molecule has 0 aliphatic rings. The third-order valence-corrected chi connectivity index (χ3v) is 5.40. The molecule has 2 N–H and O–H groups in total. The number of rotatable bonds is 8. The number of hydrogen-bond acceptors (Lipinski definition) is 7. The van der Waals surface area contributed by atoms with Gasteiger partial charge in [-0.25, -0.2) is 4.98 Å². The Kier molecular flexibility index (Phi) is 5.93. The summed E-state index contributed by atoms with van der Waals surface area (Å²) in [6.45, 7) is 3.06. The number of carbonyl (C=O) groups is 2. The second-order valence-corrected chi connectivity index (χ2v) is 8.34. The smallest absolute Gasteiger partial charge is 0.345 e. The predicted molar refractivity (Wildman–Crippen MR) is 114 cm³/mol. The standard InChI is InChI=1S/C21H19N3O5S/c1-21(2,19(26)27)11-17(25)15-5-3-13(4-6-15)14-7-9-16(10-8-14)23-20-22-12-18(30-20)24(28)29/h3-10,12H,11H2,1-2H3,(H,22,23)(H,26,27). The SMILES string of the molecule is CC(C)(CC(=O)c1ccc(-c2ccc(Nc3ncc([N+](=O)[O-])s3)cc2)cc1)C(=O)O. The highest BCUT2D eigenvalue weighted by molar-refractivity contribution is 7.18. The van der Waals surface area contributed by atoms with E-state index in [4.69, 9.17) is 0 Å². The number of aromatic nitrogens is 1. The van der Waals surface area contributed by atoms with Crippen LogP contribution in [0.4, 0.5) is 15.8 Å². The summed E-state index contributed by atoms with van der Waals surface area (Å²) in [7, 11) is 0. The number of carbonyl (C=O) groups excluding carboxylic acids is 1. The lowest BCUT2D eigenvalue weighted by Crippen LogP contribution is -2.26. The van der Waals surface area contributed by atoms with Crippen LogP contribution in [0.3, 0.4) is 0 Å². The van der Waals surface area contributed by atoms with E-state index >= 15 is 0 Å². The maximum Gasteiger partial charge on any atom is 0.345 e. The van der Waals surface area contributed by atoms with Crippen LogP contribution in [0.2, 0.25) is 0 Å². The van der Waals surface area contributed by atoms with Crippen molar-refractivity contribution in [2.24, 2.45) is 5.41 Å². The second-order valence-electron chi connectivity index (χ2n) is 7.33. The average molecular weight is 425 g/mol. The van der Waals surface area contributed by atoms with Crippen molar-refractivity contribution in [3.8, 4) is 11.1 Å². The molecule has 2 aromatic carbocycles. The zero-order valence-electron chi connectivity index (χ0n) is 16.3. The van der Waals surface area contributed by atoms with Crippen molar-refractivity contribution in [2.45, 2.75) is 20.3 Å². The molecule has 0 saturated carbocycles. The zero-order chi connectivity index (χ0) is 21.9. The summed E-state index contributed by atoms with van der Waals surface area (Å²) in [4.78, 5) is 37.8. The molecule has 154 valence electrons. The number of thiazole rings is 1. The van der Waals surface area contributed by atoms with Crippen molar-refractivity contribution < 1.29 is 19.6 Å². The van der Waals surface area contributed by atoms with Crippen LogP contribution in [0.15, 0.2) is 54.7 Å². The molecular weight excluding hydrogens is 406 g/mol. The Morgan fingerprint density at radius 1 is 1.10 bits per heavy atom. The zero-order valence-corrected chi connectivity index (χ0v) is 17.1. The Balaban J connectivity index is 1.68. The number of nitrogens with zero attached hydrogens (tertiary/aromatic N) is 2. The molecule has 0 aliphatic heterocycles. The van der Waals surface area contributed by atoms with Gasteiger partial charge in [0.1, 0.15) is 6.20 Å². The van der Waals surface area contributed by atoms with E-state index in [1.54, 1.807) is 12.1 Å².